The molecule has 0 unspecified atom stereocenters. The molecule has 19 heavy (non-hydrogen) atoms. The fraction of sp³-hybridized carbons (Fsp3) is 0.214. The smallest absolute Gasteiger partial charge is 0.171 e. The van der Waals surface area contributed by atoms with Gasteiger partial charge in [0.05, 0.1) is 27.2 Å². The number of hydrogen-bond acceptors (Lipinski definition) is 5. The number of aryl methyl sites for hydroxylation is 1. The summed E-state index contributed by atoms with van der Waals surface area (Å²) in [5.74, 6) is 0.0885. The van der Waals surface area contributed by atoms with Crippen LogP contribution in [0.5, 0.6) is 0 Å². The van der Waals surface area contributed by atoms with E-state index >= 15 is 0 Å². The standard InChI is InChI=1S/C14H12N2OS2/c1-8-14(9(2)17)19-12(15-8)7-13-16-10-5-3-4-6-11(10)18-13/h3-6H,7H2,1-2H3. The SMILES string of the molecule is CC(=O)c1sc(Cc2nc3ccccc3s2)nc1C. The van der Waals surface area contributed by atoms with Crippen LogP contribution in [0.4, 0.5) is 0 Å². The third-order valence-corrected chi connectivity index (χ3v) is 5.10. The summed E-state index contributed by atoms with van der Waals surface area (Å²) in [5.41, 5.74) is 1.86. The first-order valence-corrected chi connectivity index (χ1v) is 7.58. The molecule has 96 valence electrons. The second kappa shape index (κ2) is 4.83. The lowest BCUT2D eigenvalue weighted by atomic mass is 10.3. The van der Waals surface area contributed by atoms with E-state index in [0.29, 0.717) is 6.42 Å². The Morgan fingerprint density at radius 1 is 1.16 bits per heavy atom. The summed E-state index contributed by atoms with van der Waals surface area (Å²) in [6.45, 7) is 3.47. The predicted octanol–water partition coefficient (Wildman–Crippen LogP) is 3.85. The number of benzene rings is 1. The lowest BCUT2D eigenvalue weighted by Gasteiger charge is -1.88. The van der Waals surface area contributed by atoms with Crippen LogP contribution in [0.15, 0.2) is 24.3 Å². The highest BCUT2D eigenvalue weighted by Crippen LogP contribution is 2.26. The number of Topliss-reactive ketones (excluding diaryl/α,β-unsaturated/α-hetero) is 1. The molecule has 0 aliphatic heterocycles. The van der Waals surface area contributed by atoms with E-state index in [1.165, 1.54) is 16.0 Å². The van der Waals surface area contributed by atoms with E-state index in [0.717, 1.165) is 26.1 Å². The van der Waals surface area contributed by atoms with E-state index in [4.69, 9.17) is 0 Å². The maximum absolute atomic E-state index is 11.4. The molecule has 2 heterocycles. The zero-order valence-corrected chi connectivity index (χ0v) is 12.3. The van der Waals surface area contributed by atoms with Gasteiger partial charge in [0.1, 0.15) is 10.0 Å². The fourth-order valence-corrected chi connectivity index (χ4v) is 4.01. The van der Waals surface area contributed by atoms with Crippen molar-refractivity contribution in [1.82, 2.24) is 9.97 Å². The summed E-state index contributed by atoms with van der Waals surface area (Å²) in [5, 5.41) is 2.01. The quantitative estimate of drug-likeness (QED) is 0.687. The lowest BCUT2D eigenvalue weighted by molar-refractivity contribution is 0.102. The average molecular weight is 288 g/mol. The molecule has 3 aromatic rings. The Morgan fingerprint density at radius 3 is 2.58 bits per heavy atom. The Labute approximate surface area is 119 Å². The van der Waals surface area contributed by atoms with Gasteiger partial charge >= 0.3 is 0 Å². The molecule has 2 aromatic heterocycles. The number of rotatable bonds is 3. The van der Waals surface area contributed by atoms with Crippen molar-refractivity contribution in [2.24, 2.45) is 0 Å². The molecule has 0 saturated heterocycles. The summed E-state index contributed by atoms with van der Waals surface area (Å²) in [4.78, 5) is 21.2. The molecule has 0 aliphatic carbocycles. The number of fused-ring (bicyclic) bond motifs is 1. The van der Waals surface area contributed by atoms with E-state index < -0.39 is 0 Å². The van der Waals surface area contributed by atoms with E-state index in [2.05, 4.69) is 16.0 Å². The molecule has 0 aliphatic rings. The van der Waals surface area contributed by atoms with Crippen LogP contribution in [0.3, 0.4) is 0 Å². The second-order valence-corrected chi connectivity index (χ2v) is 6.53. The largest absolute Gasteiger partial charge is 0.294 e. The minimum atomic E-state index is 0.0885. The molecule has 3 nitrogen and oxygen atoms in total. The summed E-state index contributed by atoms with van der Waals surface area (Å²) in [6.07, 6.45) is 0.706. The first kappa shape index (κ1) is 12.4. The molecule has 0 bridgehead atoms. The summed E-state index contributed by atoms with van der Waals surface area (Å²) in [7, 11) is 0. The average Bonchev–Trinajstić information content (AvgIpc) is 2.92. The molecule has 0 N–H and O–H groups in total. The Hall–Kier alpha value is -1.59. The monoisotopic (exact) mass is 288 g/mol. The van der Waals surface area contributed by atoms with Crippen molar-refractivity contribution < 1.29 is 4.79 Å². The van der Waals surface area contributed by atoms with Gasteiger partial charge in [0.15, 0.2) is 5.78 Å². The van der Waals surface area contributed by atoms with E-state index in [1.807, 2.05) is 25.1 Å². The van der Waals surface area contributed by atoms with Crippen molar-refractivity contribution in [3.63, 3.8) is 0 Å². The number of carbonyl (C=O) groups excluding carboxylic acids is 1. The van der Waals surface area contributed by atoms with Crippen LogP contribution in [0.1, 0.15) is 32.3 Å². The number of ketones is 1. The van der Waals surface area contributed by atoms with Crippen molar-refractivity contribution in [2.75, 3.05) is 0 Å². The van der Waals surface area contributed by atoms with Crippen molar-refractivity contribution in [3.05, 3.63) is 44.9 Å². The highest BCUT2D eigenvalue weighted by molar-refractivity contribution is 7.18. The Morgan fingerprint density at radius 2 is 1.89 bits per heavy atom. The molecule has 0 fully saturated rings. The van der Waals surface area contributed by atoms with E-state index in [-0.39, 0.29) is 5.78 Å². The van der Waals surface area contributed by atoms with Crippen LogP contribution in [-0.4, -0.2) is 15.8 Å². The van der Waals surface area contributed by atoms with Gasteiger partial charge in [0.2, 0.25) is 0 Å². The van der Waals surface area contributed by atoms with E-state index in [1.54, 1.807) is 18.3 Å². The van der Waals surface area contributed by atoms with Crippen LogP contribution < -0.4 is 0 Å². The van der Waals surface area contributed by atoms with Crippen molar-refractivity contribution in [2.45, 2.75) is 20.3 Å². The predicted molar refractivity (Wildman–Crippen MR) is 79.3 cm³/mol. The van der Waals surface area contributed by atoms with Gasteiger partial charge in [-0.2, -0.15) is 0 Å². The van der Waals surface area contributed by atoms with Gasteiger partial charge in [-0.25, -0.2) is 9.97 Å². The van der Waals surface area contributed by atoms with Crippen molar-refractivity contribution in [3.8, 4) is 0 Å². The van der Waals surface area contributed by atoms with Crippen molar-refractivity contribution >= 4 is 38.7 Å². The number of nitrogens with zero attached hydrogens (tertiary/aromatic N) is 2. The van der Waals surface area contributed by atoms with Crippen molar-refractivity contribution in [1.29, 1.82) is 0 Å². The molecule has 3 rings (SSSR count). The molecular weight excluding hydrogens is 276 g/mol. The van der Waals surface area contributed by atoms with Gasteiger partial charge in [0, 0.05) is 6.92 Å². The van der Waals surface area contributed by atoms with Gasteiger partial charge in [-0.05, 0) is 19.1 Å². The second-order valence-electron chi connectivity index (χ2n) is 4.33. The summed E-state index contributed by atoms with van der Waals surface area (Å²) >= 11 is 3.16. The van der Waals surface area contributed by atoms with Gasteiger partial charge in [-0.1, -0.05) is 12.1 Å². The Kier molecular flexibility index (Phi) is 3.16. The Bertz CT molecular complexity index is 725. The van der Waals surface area contributed by atoms with E-state index in [9.17, 15) is 4.79 Å². The van der Waals surface area contributed by atoms with Gasteiger partial charge < -0.3 is 0 Å². The molecule has 5 heteroatoms. The minimum Gasteiger partial charge on any atom is -0.294 e. The third-order valence-electron chi connectivity index (χ3n) is 2.80. The fourth-order valence-electron chi connectivity index (χ4n) is 1.98. The Balaban J connectivity index is 1.92. The topological polar surface area (TPSA) is 42.9 Å². The molecule has 0 spiro atoms. The number of thiazole rings is 2. The van der Waals surface area contributed by atoms with Crippen LogP contribution in [-0.2, 0) is 6.42 Å². The minimum absolute atomic E-state index is 0.0885. The first-order valence-electron chi connectivity index (χ1n) is 5.95. The lowest BCUT2D eigenvalue weighted by Crippen LogP contribution is -1.89. The zero-order valence-electron chi connectivity index (χ0n) is 10.6. The molecule has 0 amide bonds. The first-order chi connectivity index (χ1) is 9.13. The summed E-state index contributed by atoms with van der Waals surface area (Å²) in [6, 6.07) is 8.10. The van der Waals surface area contributed by atoms with Gasteiger partial charge in [-0.3, -0.25) is 4.79 Å². The molecule has 0 atom stereocenters. The number of carbonyl (C=O) groups is 1. The van der Waals surface area contributed by atoms with Crippen LogP contribution in [0.25, 0.3) is 10.2 Å². The normalized spacial score (nSPS) is 11.1. The number of para-hydroxylation sites is 1. The number of hydrogen-bond donors (Lipinski definition) is 0. The van der Waals surface area contributed by atoms with Gasteiger partial charge in [-0.15, -0.1) is 22.7 Å². The third kappa shape index (κ3) is 2.43. The summed E-state index contributed by atoms with van der Waals surface area (Å²) < 4.78 is 1.19. The van der Waals surface area contributed by atoms with Crippen LogP contribution in [0.2, 0.25) is 0 Å². The highest BCUT2D eigenvalue weighted by atomic mass is 32.1. The molecular formula is C14H12N2OS2. The molecule has 1 aromatic carbocycles. The maximum Gasteiger partial charge on any atom is 0.171 e. The van der Waals surface area contributed by atoms with Crippen LogP contribution >= 0.6 is 22.7 Å². The molecule has 0 radical (unpaired) electrons. The zero-order chi connectivity index (χ0) is 13.4. The maximum atomic E-state index is 11.4. The van der Waals surface area contributed by atoms with Crippen LogP contribution in [0, 0.1) is 6.92 Å². The molecule has 0 saturated carbocycles. The highest BCUT2D eigenvalue weighted by Gasteiger charge is 2.13. The van der Waals surface area contributed by atoms with Gasteiger partial charge in [0.25, 0.3) is 0 Å². The number of aromatic nitrogens is 2.